The molecule has 4 rings (SSSR count). The first-order valence-corrected chi connectivity index (χ1v) is 10.3. The number of aryl methyl sites for hydroxylation is 1. The van der Waals surface area contributed by atoms with Crippen LogP contribution in [-0.4, -0.2) is 34.0 Å². The van der Waals surface area contributed by atoms with Crippen LogP contribution in [0.5, 0.6) is 11.5 Å². The Labute approximate surface area is 189 Å². The van der Waals surface area contributed by atoms with Crippen molar-refractivity contribution in [3.63, 3.8) is 0 Å². The molecule has 1 N–H and O–H groups in total. The number of ether oxygens (including phenoxy) is 2. The maximum atomic E-state index is 6.69. The molecule has 9 heteroatoms. The second-order valence-corrected chi connectivity index (χ2v) is 7.82. The second-order valence-electron chi connectivity index (χ2n) is 7.06. The molecular formula is C22H21Cl2N5O2. The monoisotopic (exact) mass is 457 g/mol. The first-order valence-electron chi connectivity index (χ1n) is 9.50. The molecule has 0 aliphatic carbocycles. The molecule has 4 aromatic rings. The summed E-state index contributed by atoms with van der Waals surface area (Å²) in [5.74, 6) is 1.84. The number of fused-ring (bicyclic) bond motifs is 1. The van der Waals surface area contributed by atoms with E-state index in [0.717, 1.165) is 27.5 Å². The lowest BCUT2D eigenvalue weighted by Crippen LogP contribution is -2.04. The van der Waals surface area contributed by atoms with Gasteiger partial charge in [-0.2, -0.15) is 5.10 Å². The zero-order chi connectivity index (χ0) is 22.1. The van der Waals surface area contributed by atoms with Crippen molar-refractivity contribution in [2.45, 2.75) is 13.5 Å². The molecule has 0 amide bonds. The summed E-state index contributed by atoms with van der Waals surface area (Å²) in [6, 6.07) is 5.49. The topological polar surface area (TPSA) is 74.1 Å². The molecule has 0 aliphatic rings. The minimum Gasteiger partial charge on any atom is -0.496 e. The average molecular weight is 458 g/mol. The van der Waals surface area contributed by atoms with Crippen molar-refractivity contribution < 1.29 is 9.47 Å². The molecular weight excluding hydrogens is 437 g/mol. The maximum absolute atomic E-state index is 6.69. The Balaban J connectivity index is 1.89. The third kappa shape index (κ3) is 4.11. The second kappa shape index (κ2) is 8.61. The lowest BCUT2D eigenvalue weighted by Gasteiger charge is -2.17. The van der Waals surface area contributed by atoms with Gasteiger partial charge in [0.05, 0.1) is 31.1 Å². The maximum Gasteiger partial charge on any atom is 0.141 e. The number of hydrogen-bond donors (Lipinski definition) is 1. The van der Waals surface area contributed by atoms with Crippen molar-refractivity contribution in [1.29, 1.82) is 0 Å². The zero-order valence-corrected chi connectivity index (χ0v) is 19.0. The first-order chi connectivity index (χ1) is 14.9. The van der Waals surface area contributed by atoms with E-state index in [0.29, 0.717) is 39.7 Å². The van der Waals surface area contributed by atoms with Crippen LogP contribution in [0.3, 0.4) is 0 Å². The van der Waals surface area contributed by atoms with Gasteiger partial charge in [0, 0.05) is 59.5 Å². The summed E-state index contributed by atoms with van der Waals surface area (Å²) in [6.45, 7) is 2.49. The van der Waals surface area contributed by atoms with E-state index in [1.54, 1.807) is 37.2 Å². The summed E-state index contributed by atoms with van der Waals surface area (Å²) in [7, 11) is 5.06. The Kier molecular flexibility index (Phi) is 5.89. The number of rotatable bonds is 6. The van der Waals surface area contributed by atoms with E-state index in [1.807, 2.05) is 32.4 Å². The number of benzene rings is 1. The van der Waals surface area contributed by atoms with Crippen LogP contribution < -0.4 is 14.8 Å². The minimum absolute atomic E-state index is 0.392. The van der Waals surface area contributed by atoms with Gasteiger partial charge in [-0.3, -0.25) is 4.68 Å². The molecule has 0 spiro atoms. The van der Waals surface area contributed by atoms with E-state index >= 15 is 0 Å². The number of nitrogens with one attached hydrogen (secondary N) is 1. The van der Waals surface area contributed by atoms with Crippen LogP contribution in [0.15, 0.2) is 36.8 Å². The first kappa shape index (κ1) is 21.2. The van der Waals surface area contributed by atoms with Crippen LogP contribution in [0.4, 0.5) is 5.82 Å². The number of methoxy groups -OCH3 is 2. The molecule has 0 atom stereocenters. The molecule has 0 saturated heterocycles. The van der Waals surface area contributed by atoms with Crippen LogP contribution in [0.25, 0.3) is 22.0 Å². The van der Waals surface area contributed by atoms with E-state index in [2.05, 4.69) is 15.4 Å². The highest BCUT2D eigenvalue weighted by Gasteiger charge is 2.20. The van der Waals surface area contributed by atoms with Crippen LogP contribution in [0.2, 0.25) is 10.2 Å². The van der Waals surface area contributed by atoms with Crippen LogP contribution >= 0.6 is 23.2 Å². The smallest absolute Gasteiger partial charge is 0.141 e. The Morgan fingerprint density at radius 3 is 2.52 bits per heavy atom. The zero-order valence-electron chi connectivity index (χ0n) is 17.5. The van der Waals surface area contributed by atoms with Crippen molar-refractivity contribution in [3.8, 4) is 22.8 Å². The fourth-order valence-corrected chi connectivity index (χ4v) is 4.03. The van der Waals surface area contributed by atoms with Gasteiger partial charge in [-0.25, -0.2) is 9.97 Å². The lowest BCUT2D eigenvalue weighted by molar-refractivity contribution is 0.393. The lowest BCUT2D eigenvalue weighted by atomic mass is 10.0. The quantitative estimate of drug-likeness (QED) is 0.397. The largest absolute Gasteiger partial charge is 0.496 e. The van der Waals surface area contributed by atoms with Crippen LogP contribution in [0, 0.1) is 6.92 Å². The number of hydrogen-bond acceptors (Lipinski definition) is 6. The molecule has 3 heterocycles. The Morgan fingerprint density at radius 1 is 1.06 bits per heavy atom. The fraction of sp³-hybridized carbons (Fsp3) is 0.227. The van der Waals surface area contributed by atoms with Gasteiger partial charge in [0.2, 0.25) is 0 Å². The molecule has 3 aromatic heterocycles. The van der Waals surface area contributed by atoms with Gasteiger partial charge < -0.3 is 14.8 Å². The average Bonchev–Trinajstić information content (AvgIpc) is 3.17. The third-order valence-electron chi connectivity index (χ3n) is 5.04. The predicted molar refractivity (Wildman–Crippen MR) is 123 cm³/mol. The molecule has 0 radical (unpaired) electrons. The number of anilines is 1. The van der Waals surface area contributed by atoms with Gasteiger partial charge in [-0.05, 0) is 19.1 Å². The van der Waals surface area contributed by atoms with Gasteiger partial charge in [-0.1, -0.05) is 23.2 Å². The number of pyridine rings is 2. The molecule has 0 aliphatic heterocycles. The minimum atomic E-state index is 0.392. The summed E-state index contributed by atoms with van der Waals surface area (Å²) < 4.78 is 12.7. The van der Waals surface area contributed by atoms with Crippen LogP contribution in [0.1, 0.15) is 11.1 Å². The molecule has 160 valence electrons. The summed E-state index contributed by atoms with van der Waals surface area (Å²) in [5, 5.41) is 10.2. The Morgan fingerprint density at radius 2 is 1.84 bits per heavy atom. The van der Waals surface area contributed by atoms with Crippen molar-refractivity contribution in [2.24, 2.45) is 7.05 Å². The molecule has 0 saturated carbocycles. The van der Waals surface area contributed by atoms with Crippen molar-refractivity contribution in [2.75, 3.05) is 19.5 Å². The van der Waals surface area contributed by atoms with Gasteiger partial charge in [0.1, 0.15) is 22.5 Å². The number of halogens is 2. The SMILES string of the molecule is COc1cc(OC)c(Cl)c(-c2cc3cnc(Cl)cc3c(NCc3cnn(C)c3)n2)c1C. The highest BCUT2D eigenvalue weighted by Crippen LogP contribution is 2.43. The van der Waals surface area contributed by atoms with E-state index < -0.39 is 0 Å². The Bertz CT molecular complexity index is 1240. The van der Waals surface area contributed by atoms with E-state index in [1.165, 1.54) is 0 Å². The molecule has 31 heavy (non-hydrogen) atoms. The summed E-state index contributed by atoms with van der Waals surface area (Å²) in [4.78, 5) is 9.12. The fourth-order valence-electron chi connectivity index (χ4n) is 3.50. The van der Waals surface area contributed by atoms with Crippen molar-refractivity contribution in [1.82, 2.24) is 19.7 Å². The molecule has 1 aromatic carbocycles. The third-order valence-corrected chi connectivity index (χ3v) is 5.62. The summed E-state index contributed by atoms with van der Waals surface area (Å²) in [6.07, 6.45) is 5.47. The van der Waals surface area contributed by atoms with Gasteiger partial charge in [0.15, 0.2) is 0 Å². The number of nitrogens with zero attached hydrogens (tertiary/aromatic N) is 4. The summed E-state index contributed by atoms with van der Waals surface area (Å²) >= 11 is 12.9. The highest BCUT2D eigenvalue weighted by molar-refractivity contribution is 6.35. The predicted octanol–water partition coefficient (Wildman–Crippen LogP) is 5.27. The van der Waals surface area contributed by atoms with Crippen molar-refractivity contribution >= 4 is 39.8 Å². The van der Waals surface area contributed by atoms with E-state index in [9.17, 15) is 0 Å². The van der Waals surface area contributed by atoms with Gasteiger partial charge >= 0.3 is 0 Å². The van der Waals surface area contributed by atoms with Crippen LogP contribution in [-0.2, 0) is 13.6 Å². The van der Waals surface area contributed by atoms with Gasteiger partial charge in [-0.15, -0.1) is 0 Å². The van der Waals surface area contributed by atoms with Gasteiger partial charge in [0.25, 0.3) is 0 Å². The van der Waals surface area contributed by atoms with E-state index in [4.69, 9.17) is 37.7 Å². The highest BCUT2D eigenvalue weighted by atomic mass is 35.5. The summed E-state index contributed by atoms with van der Waals surface area (Å²) in [5.41, 5.74) is 3.30. The van der Waals surface area contributed by atoms with E-state index in [-0.39, 0.29) is 0 Å². The molecule has 7 nitrogen and oxygen atoms in total. The van der Waals surface area contributed by atoms with Crippen molar-refractivity contribution in [3.05, 3.63) is 58.1 Å². The number of aromatic nitrogens is 4. The normalized spacial score (nSPS) is 11.0. The Hall–Kier alpha value is -3.03. The molecule has 0 fully saturated rings. The molecule has 0 bridgehead atoms. The standard InChI is InChI=1S/C22H21Cl2N5O2/c1-12-17(30-3)7-18(31-4)21(24)20(12)16-5-14-10-25-19(23)6-15(14)22(28-16)26-8-13-9-27-29(2)11-13/h5-7,9-11H,8H2,1-4H3,(H,26,28). The molecule has 0 unspecified atom stereocenters.